The minimum atomic E-state index is 0.0451. The molecule has 39 heavy (non-hydrogen) atoms. The first kappa shape index (κ1) is 25.7. The van der Waals surface area contributed by atoms with Crippen LogP contribution in [0, 0.1) is 6.92 Å². The Morgan fingerprint density at radius 3 is 1.79 bits per heavy atom. The van der Waals surface area contributed by atoms with Gasteiger partial charge in [-0.05, 0) is 80.6 Å². The molecule has 2 heteroatoms. The minimum Gasteiger partial charge on any atom is -0.309 e. The Bertz CT molecular complexity index is 1860. The monoisotopic (exact) mass is 529 g/mol. The molecule has 0 bridgehead atoms. The van der Waals surface area contributed by atoms with E-state index in [1.54, 1.807) is 0 Å². The van der Waals surface area contributed by atoms with Gasteiger partial charge in [0.05, 0.1) is 11.0 Å². The van der Waals surface area contributed by atoms with Gasteiger partial charge in [-0.3, -0.25) is 0 Å². The van der Waals surface area contributed by atoms with Gasteiger partial charge in [0.15, 0.2) is 0 Å². The van der Waals surface area contributed by atoms with Gasteiger partial charge in [-0.1, -0.05) is 120 Å². The molecule has 6 rings (SSSR count). The maximum Gasteiger partial charge on any atom is 0.0553 e. The highest BCUT2D eigenvalue weighted by Crippen LogP contribution is 2.43. The van der Waals surface area contributed by atoms with Gasteiger partial charge < -0.3 is 4.57 Å². The second kappa shape index (κ2) is 9.00. The lowest BCUT2D eigenvalue weighted by Gasteiger charge is -2.26. The van der Waals surface area contributed by atoms with Crippen LogP contribution in [-0.2, 0) is 10.8 Å². The highest BCUT2D eigenvalue weighted by Gasteiger charge is 2.23. The summed E-state index contributed by atoms with van der Waals surface area (Å²) in [6.45, 7) is 15.9. The molecule has 0 unspecified atom stereocenters. The molecule has 0 atom stereocenters. The fraction of sp³-hybridized carbons (Fsp3) is 0.243. The fourth-order valence-corrected chi connectivity index (χ4v) is 5.89. The molecule has 0 fully saturated rings. The van der Waals surface area contributed by atoms with Crippen molar-refractivity contribution in [2.75, 3.05) is 0 Å². The van der Waals surface area contributed by atoms with E-state index in [1.165, 1.54) is 54.8 Å². The third-order valence-corrected chi connectivity index (χ3v) is 8.48. The molecule has 1 nitrogen and oxygen atoms in total. The lowest BCUT2D eigenvalue weighted by Crippen LogP contribution is -2.16. The van der Waals surface area contributed by atoms with Crippen molar-refractivity contribution in [3.8, 4) is 16.8 Å². The number of hydrogen-bond acceptors (Lipinski definition) is 0. The lowest BCUT2D eigenvalue weighted by molar-refractivity contribution is 0.569. The van der Waals surface area contributed by atoms with E-state index in [0.717, 1.165) is 16.3 Å². The molecule has 0 saturated carbocycles. The zero-order chi connectivity index (χ0) is 27.7. The number of para-hydroxylation sites is 1. The summed E-state index contributed by atoms with van der Waals surface area (Å²) in [6.07, 6.45) is 0. The van der Waals surface area contributed by atoms with Gasteiger partial charge in [0.1, 0.15) is 0 Å². The molecule has 0 radical (unpaired) electrons. The molecule has 0 saturated heterocycles. The van der Waals surface area contributed by atoms with E-state index in [4.69, 9.17) is 11.6 Å². The second-order valence-corrected chi connectivity index (χ2v) is 13.4. The van der Waals surface area contributed by atoms with E-state index in [9.17, 15) is 0 Å². The molecule has 0 aliphatic rings. The topological polar surface area (TPSA) is 4.93 Å². The van der Waals surface area contributed by atoms with Crippen LogP contribution in [0.15, 0.2) is 91.0 Å². The third kappa shape index (κ3) is 4.34. The molecule has 0 N–H and O–H groups in total. The summed E-state index contributed by atoms with van der Waals surface area (Å²) in [5.74, 6) is 0. The van der Waals surface area contributed by atoms with Crippen molar-refractivity contribution in [2.24, 2.45) is 0 Å². The number of nitrogens with zero attached hydrogens (tertiary/aromatic N) is 1. The van der Waals surface area contributed by atoms with Gasteiger partial charge in [-0.2, -0.15) is 0 Å². The summed E-state index contributed by atoms with van der Waals surface area (Å²) in [5, 5.41) is 5.87. The standard InChI is InChI=1S/C37H36ClN/c1-23-16-17-27(21-32(23)38)39-33-15-11-10-14-30(33)35-29-13-9-8-12-28(29)31(22-34(35)39)24-18-25(36(2,3)4)20-26(19-24)37(5,6)7/h8-22H,1-7H3. The van der Waals surface area contributed by atoms with Crippen LogP contribution in [0.5, 0.6) is 0 Å². The van der Waals surface area contributed by atoms with Gasteiger partial charge in [-0.25, -0.2) is 0 Å². The number of hydrogen-bond donors (Lipinski definition) is 0. The summed E-state index contributed by atoms with van der Waals surface area (Å²) < 4.78 is 2.38. The van der Waals surface area contributed by atoms with Crippen LogP contribution in [0.4, 0.5) is 0 Å². The van der Waals surface area contributed by atoms with Crippen molar-refractivity contribution in [3.05, 3.63) is 113 Å². The van der Waals surface area contributed by atoms with Crippen LogP contribution in [-0.4, -0.2) is 4.57 Å². The van der Waals surface area contributed by atoms with E-state index in [-0.39, 0.29) is 10.8 Å². The molecular weight excluding hydrogens is 494 g/mol. The molecule has 0 amide bonds. The van der Waals surface area contributed by atoms with E-state index in [1.807, 2.05) is 0 Å². The van der Waals surface area contributed by atoms with Crippen LogP contribution in [0.3, 0.4) is 0 Å². The van der Waals surface area contributed by atoms with Crippen molar-refractivity contribution in [1.82, 2.24) is 4.57 Å². The van der Waals surface area contributed by atoms with Gasteiger partial charge >= 0.3 is 0 Å². The van der Waals surface area contributed by atoms with Gasteiger partial charge in [0.25, 0.3) is 0 Å². The highest BCUT2D eigenvalue weighted by atomic mass is 35.5. The quantitative estimate of drug-likeness (QED) is 0.210. The number of aromatic nitrogens is 1. The normalized spacial score (nSPS) is 12.6. The molecule has 0 aliphatic carbocycles. The molecule has 1 aromatic heterocycles. The van der Waals surface area contributed by atoms with Crippen molar-refractivity contribution in [3.63, 3.8) is 0 Å². The molecule has 196 valence electrons. The lowest BCUT2D eigenvalue weighted by atomic mass is 9.78. The Hall–Kier alpha value is -3.55. The number of halogens is 1. The summed E-state index contributed by atoms with van der Waals surface area (Å²) in [4.78, 5) is 0. The van der Waals surface area contributed by atoms with E-state index in [2.05, 4.69) is 144 Å². The third-order valence-electron chi connectivity index (χ3n) is 8.07. The molecule has 5 aromatic carbocycles. The summed E-state index contributed by atoms with van der Waals surface area (Å²) in [7, 11) is 0. The molecule has 0 spiro atoms. The average Bonchev–Trinajstić information content (AvgIpc) is 3.23. The SMILES string of the molecule is Cc1ccc(-n2c3ccccc3c3c4ccccc4c(-c4cc(C(C)(C)C)cc(C(C)(C)C)c4)cc32)cc1Cl. The first-order valence-corrected chi connectivity index (χ1v) is 14.2. The van der Waals surface area contributed by atoms with Crippen molar-refractivity contribution >= 4 is 44.2 Å². The van der Waals surface area contributed by atoms with Gasteiger partial charge in [-0.15, -0.1) is 0 Å². The summed E-state index contributed by atoms with van der Waals surface area (Å²) in [6, 6.07) is 33.6. The fourth-order valence-electron chi connectivity index (χ4n) is 5.72. The Labute approximate surface area is 237 Å². The highest BCUT2D eigenvalue weighted by molar-refractivity contribution is 6.31. The van der Waals surface area contributed by atoms with Crippen LogP contribution in [0.2, 0.25) is 5.02 Å². The summed E-state index contributed by atoms with van der Waals surface area (Å²) >= 11 is 6.66. The van der Waals surface area contributed by atoms with Gasteiger partial charge in [0.2, 0.25) is 0 Å². The maximum atomic E-state index is 6.66. The predicted octanol–water partition coefficient (Wildman–Crippen LogP) is 11.2. The summed E-state index contributed by atoms with van der Waals surface area (Å²) in [5.41, 5.74) is 9.89. The number of rotatable bonds is 2. The van der Waals surface area contributed by atoms with Crippen LogP contribution in [0.25, 0.3) is 49.4 Å². The largest absolute Gasteiger partial charge is 0.309 e. The molecule has 1 heterocycles. The zero-order valence-corrected chi connectivity index (χ0v) is 24.7. The second-order valence-electron chi connectivity index (χ2n) is 12.9. The average molecular weight is 530 g/mol. The van der Waals surface area contributed by atoms with Crippen molar-refractivity contribution in [1.29, 1.82) is 0 Å². The first-order valence-electron chi connectivity index (χ1n) is 13.8. The van der Waals surface area contributed by atoms with Crippen LogP contribution >= 0.6 is 11.6 Å². The van der Waals surface area contributed by atoms with Crippen LogP contribution in [0.1, 0.15) is 58.2 Å². The van der Waals surface area contributed by atoms with Crippen molar-refractivity contribution < 1.29 is 0 Å². The molecule has 0 aliphatic heterocycles. The van der Waals surface area contributed by atoms with E-state index < -0.39 is 0 Å². The maximum absolute atomic E-state index is 6.66. The van der Waals surface area contributed by atoms with E-state index >= 15 is 0 Å². The minimum absolute atomic E-state index is 0.0451. The van der Waals surface area contributed by atoms with Crippen molar-refractivity contribution in [2.45, 2.75) is 59.3 Å². The molecule has 6 aromatic rings. The first-order chi connectivity index (χ1) is 18.4. The smallest absolute Gasteiger partial charge is 0.0553 e. The number of aryl methyl sites for hydroxylation is 1. The Balaban J connectivity index is 1.78. The predicted molar refractivity (Wildman–Crippen MR) is 171 cm³/mol. The molecular formula is C37H36ClN. The zero-order valence-electron chi connectivity index (χ0n) is 24.0. The number of benzene rings is 5. The van der Waals surface area contributed by atoms with Crippen LogP contribution < -0.4 is 0 Å². The Kier molecular flexibility index (Phi) is 5.93. The van der Waals surface area contributed by atoms with E-state index in [0.29, 0.717) is 0 Å². The van der Waals surface area contributed by atoms with Gasteiger partial charge in [0, 0.05) is 21.5 Å². The Morgan fingerprint density at radius 1 is 0.590 bits per heavy atom. The Morgan fingerprint density at radius 2 is 1.18 bits per heavy atom. The number of fused-ring (bicyclic) bond motifs is 5.